The van der Waals surface area contributed by atoms with Crippen LogP contribution in [0.1, 0.15) is 37.6 Å². The number of Topliss-reactive ketones (excluding diaryl/α,β-unsaturated/α-hetero) is 1. The van der Waals surface area contributed by atoms with E-state index < -0.39 is 5.54 Å². The van der Waals surface area contributed by atoms with Gasteiger partial charge in [0.15, 0.2) is 5.78 Å². The van der Waals surface area contributed by atoms with Crippen molar-refractivity contribution in [2.75, 3.05) is 18.0 Å². The fraction of sp³-hybridized carbons (Fsp3) is 0.467. The Labute approximate surface area is 113 Å². The maximum absolute atomic E-state index is 12.5. The van der Waals surface area contributed by atoms with Gasteiger partial charge in [0.1, 0.15) is 0 Å². The molecule has 1 saturated heterocycles. The van der Waals surface area contributed by atoms with Crippen LogP contribution in [0.3, 0.4) is 0 Å². The number of nitrogens with zero attached hydrogens (tertiary/aromatic N) is 1. The van der Waals surface area contributed by atoms with E-state index in [-0.39, 0.29) is 11.7 Å². The minimum atomic E-state index is -0.567. The third kappa shape index (κ3) is 2.84. The average Bonchev–Trinajstić information content (AvgIpc) is 2.50. The van der Waals surface area contributed by atoms with E-state index in [0.717, 1.165) is 18.7 Å². The maximum Gasteiger partial charge on any atom is 0.246 e. The van der Waals surface area contributed by atoms with Crippen LogP contribution in [0.2, 0.25) is 0 Å². The van der Waals surface area contributed by atoms with Crippen molar-refractivity contribution in [2.45, 2.75) is 32.7 Å². The number of benzene rings is 1. The normalized spacial score (nSPS) is 19.1. The van der Waals surface area contributed by atoms with Gasteiger partial charge in [-0.15, -0.1) is 0 Å². The highest BCUT2D eigenvalue weighted by molar-refractivity contribution is 6.01. The molecule has 1 amide bonds. The summed E-state index contributed by atoms with van der Waals surface area (Å²) >= 11 is 0. The first kappa shape index (κ1) is 13.7. The summed E-state index contributed by atoms with van der Waals surface area (Å²) in [5, 5.41) is 3.25. The van der Waals surface area contributed by atoms with Crippen LogP contribution in [0, 0.1) is 0 Å². The molecule has 0 radical (unpaired) electrons. The molecule has 1 N–H and O–H groups in total. The molecule has 1 aromatic carbocycles. The Bertz CT molecular complexity index is 509. The van der Waals surface area contributed by atoms with E-state index in [1.165, 1.54) is 6.92 Å². The number of rotatable bonds is 2. The molecule has 19 heavy (non-hydrogen) atoms. The number of anilines is 1. The first-order chi connectivity index (χ1) is 8.92. The Hall–Kier alpha value is -1.68. The van der Waals surface area contributed by atoms with Crippen molar-refractivity contribution >= 4 is 17.4 Å². The van der Waals surface area contributed by atoms with Crippen LogP contribution < -0.4 is 10.2 Å². The molecule has 0 unspecified atom stereocenters. The summed E-state index contributed by atoms with van der Waals surface area (Å²) in [7, 11) is 0. The molecule has 1 heterocycles. The van der Waals surface area contributed by atoms with Gasteiger partial charge in [0.25, 0.3) is 0 Å². The third-order valence-corrected chi connectivity index (χ3v) is 3.47. The number of amides is 1. The molecule has 4 nitrogen and oxygen atoms in total. The topological polar surface area (TPSA) is 49.4 Å². The van der Waals surface area contributed by atoms with E-state index in [0.29, 0.717) is 12.1 Å². The zero-order chi connectivity index (χ0) is 14.0. The summed E-state index contributed by atoms with van der Waals surface area (Å²) in [5.74, 6) is 0.0622. The quantitative estimate of drug-likeness (QED) is 0.827. The van der Waals surface area contributed by atoms with Gasteiger partial charge in [-0.1, -0.05) is 12.1 Å². The molecule has 4 heteroatoms. The zero-order valence-corrected chi connectivity index (χ0v) is 11.7. The number of carbonyl (C=O) groups is 2. The molecule has 1 fully saturated rings. The summed E-state index contributed by atoms with van der Waals surface area (Å²) in [5.41, 5.74) is 0.873. The average molecular weight is 260 g/mol. The Morgan fingerprint density at radius 1 is 1.37 bits per heavy atom. The summed E-state index contributed by atoms with van der Waals surface area (Å²) < 4.78 is 0. The summed E-state index contributed by atoms with van der Waals surface area (Å²) in [4.78, 5) is 25.7. The summed E-state index contributed by atoms with van der Waals surface area (Å²) in [6, 6.07) is 7.27. The van der Waals surface area contributed by atoms with Gasteiger partial charge in [-0.2, -0.15) is 0 Å². The van der Waals surface area contributed by atoms with Gasteiger partial charge in [-0.05, 0) is 45.9 Å². The number of hydrogen-bond donors (Lipinski definition) is 1. The lowest BCUT2D eigenvalue weighted by atomic mass is 10.0. The Morgan fingerprint density at radius 3 is 2.79 bits per heavy atom. The van der Waals surface area contributed by atoms with Gasteiger partial charge in [-0.25, -0.2) is 0 Å². The number of carbonyl (C=O) groups excluding carboxylic acids is 2. The standard InChI is InChI=1S/C15H20N2O2/c1-11(18)12-6-4-7-13(10-12)17-9-5-8-16-15(2,3)14(17)19/h4,6-7,10,16H,5,8-9H2,1-3H3. The van der Waals surface area contributed by atoms with Gasteiger partial charge < -0.3 is 10.2 Å². The monoisotopic (exact) mass is 260 g/mol. The number of hydrogen-bond acceptors (Lipinski definition) is 3. The van der Waals surface area contributed by atoms with Crippen LogP contribution in [0.5, 0.6) is 0 Å². The fourth-order valence-electron chi connectivity index (χ4n) is 2.29. The van der Waals surface area contributed by atoms with Crippen molar-refractivity contribution in [3.63, 3.8) is 0 Å². The molecular weight excluding hydrogens is 240 g/mol. The Balaban J connectivity index is 2.36. The molecule has 1 aromatic rings. The molecule has 1 aliphatic heterocycles. The molecular formula is C15H20N2O2. The minimum Gasteiger partial charge on any atom is -0.311 e. The first-order valence-electron chi connectivity index (χ1n) is 6.60. The van der Waals surface area contributed by atoms with Gasteiger partial charge >= 0.3 is 0 Å². The van der Waals surface area contributed by atoms with Crippen LogP contribution in [-0.4, -0.2) is 30.3 Å². The molecule has 0 atom stereocenters. The van der Waals surface area contributed by atoms with Crippen LogP contribution in [0.15, 0.2) is 24.3 Å². The summed E-state index contributed by atoms with van der Waals surface area (Å²) in [6.45, 7) is 6.82. The first-order valence-corrected chi connectivity index (χ1v) is 6.60. The Morgan fingerprint density at radius 2 is 2.11 bits per heavy atom. The van der Waals surface area contributed by atoms with Gasteiger partial charge in [0.05, 0.1) is 5.54 Å². The zero-order valence-electron chi connectivity index (χ0n) is 11.7. The number of nitrogens with one attached hydrogen (secondary N) is 1. The largest absolute Gasteiger partial charge is 0.311 e. The van der Waals surface area contributed by atoms with Crippen LogP contribution in [0.25, 0.3) is 0 Å². The summed E-state index contributed by atoms with van der Waals surface area (Å²) in [6.07, 6.45) is 0.902. The SMILES string of the molecule is CC(=O)c1cccc(N2CCCNC(C)(C)C2=O)c1. The molecule has 0 aromatic heterocycles. The second-order valence-corrected chi connectivity index (χ2v) is 5.47. The van der Waals surface area contributed by atoms with E-state index in [1.54, 1.807) is 17.0 Å². The van der Waals surface area contributed by atoms with Crippen LogP contribution >= 0.6 is 0 Å². The predicted octanol–water partition coefficient (Wildman–Crippen LogP) is 1.99. The lowest BCUT2D eigenvalue weighted by Gasteiger charge is -2.29. The van der Waals surface area contributed by atoms with Crippen molar-refractivity contribution in [2.24, 2.45) is 0 Å². The van der Waals surface area contributed by atoms with Gasteiger partial charge in [0.2, 0.25) is 5.91 Å². The van der Waals surface area contributed by atoms with Crippen molar-refractivity contribution in [3.8, 4) is 0 Å². The second kappa shape index (κ2) is 5.13. The van der Waals surface area contributed by atoms with Gasteiger partial charge in [0, 0.05) is 17.8 Å². The smallest absolute Gasteiger partial charge is 0.246 e. The predicted molar refractivity (Wildman–Crippen MR) is 75.5 cm³/mol. The Kier molecular flexibility index (Phi) is 3.71. The highest BCUT2D eigenvalue weighted by atomic mass is 16.2. The minimum absolute atomic E-state index is 0.0153. The highest BCUT2D eigenvalue weighted by Gasteiger charge is 2.34. The van der Waals surface area contributed by atoms with Crippen LogP contribution in [0.4, 0.5) is 5.69 Å². The van der Waals surface area contributed by atoms with E-state index in [4.69, 9.17) is 0 Å². The third-order valence-electron chi connectivity index (χ3n) is 3.47. The molecule has 1 aliphatic rings. The maximum atomic E-state index is 12.5. The van der Waals surface area contributed by atoms with Crippen molar-refractivity contribution in [1.29, 1.82) is 0 Å². The molecule has 0 aliphatic carbocycles. The van der Waals surface area contributed by atoms with Crippen molar-refractivity contribution in [3.05, 3.63) is 29.8 Å². The number of ketones is 1. The molecule has 0 spiro atoms. The lowest BCUT2D eigenvalue weighted by molar-refractivity contribution is -0.123. The van der Waals surface area contributed by atoms with E-state index in [9.17, 15) is 9.59 Å². The molecule has 102 valence electrons. The fourth-order valence-corrected chi connectivity index (χ4v) is 2.29. The van der Waals surface area contributed by atoms with Crippen LogP contribution in [-0.2, 0) is 4.79 Å². The van der Waals surface area contributed by atoms with E-state index in [1.807, 2.05) is 26.0 Å². The second-order valence-electron chi connectivity index (χ2n) is 5.47. The van der Waals surface area contributed by atoms with Gasteiger partial charge in [-0.3, -0.25) is 9.59 Å². The lowest BCUT2D eigenvalue weighted by Crippen LogP contribution is -2.51. The van der Waals surface area contributed by atoms with E-state index in [2.05, 4.69) is 5.32 Å². The van der Waals surface area contributed by atoms with E-state index >= 15 is 0 Å². The molecule has 2 rings (SSSR count). The molecule has 0 bridgehead atoms. The van der Waals surface area contributed by atoms with Crippen molar-refractivity contribution in [1.82, 2.24) is 5.32 Å². The highest BCUT2D eigenvalue weighted by Crippen LogP contribution is 2.22. The molecule has 0 saturated carbocycles. The van der Waals surface area contributed by atoms with Crippen molar-refractivity contribution < 1.29 is 9.59 Å².